The molecule has 1 N–H and O–H groups in total. The number of carbonyl (C=O) groups excluding carboxylic acids is 1. The molecule has 5 heteroatoms. The highest BCUT2D eigenvalue weighted by Gasteiger charge is 2.34. The average molecular weight is 251 g/mol. The first kappa shape index (κ1) is 14.2. The van der Waals surface area contributed by atoms with Crippen LogP contribution in [0.2, 0.25) is 0 Å². The molecule has 1 saturated carbocycles. The maximum Gasteiger partial charge on any atom is 0.407 e. The van der Waals surface area contributed by atoms with Crippen LogP contribution in [0.3, 0.4) is 0 Å². The molecule has 0 saturated heterocycles. The lowest BCUT2D eigenvalue weighted by Crippen LogP contribution is -2.37. The zero-order valence-electron chi connectivity index (χ0n) is 10.7. The van der Waals surface area contributed by atoms with Crippen molar-refractivity contribution in [1.82, 2.24) is 5.32 Å². The highest BCUT2D eigenvalue weighted by Crippen LogP contribution is 2.35. The molecule has 0 aliphatic heterocycles. The van der Waals surface area contributed by atoms with Crippen LogP contribution >= 0.6 is 0 Å². The minimum Gasteiger partial charge on any atom is -0.444 e. The Bertz CT molecular complexity index is 270. The molecule has 1 amide bonds. The Labute approximate surface area is 102 Å². The van der Waals surface area contributed by atoms with Crippen LogP contribution in [0.15, 0.2) is 0 Å². The highest BCUT2D eigenvalue weighted by molar-refractivity contribution is 5.67. The van der Waals surface area contributed by atoms with Gasteiger partial charge in [-0.25, -0.2) is 13.6 Å². The van der Waals surface area contributed by atoms with Gasteiger partial charge in [0, 0.05) is 20.8 Å². The molecule has 0 bridgehead atoms. The first-order valence-corrected chi connectivity index (χ1v) is 6.03. The fraction of sp³-hybridized carbons (Fsp3) is 0.917. The molecule has 0 unspecified atom stereocenters. The van der Waals surface area contributed by atoms with Crippen LogP contribution in [0.25, 0.3) is 0 Å². The molecule has 0 aromatic heterocycles. The van der Waals surface area contributed by atoms with Crippen LogP contribution in [0.1, 0.15) is 47.9 Å². The smallest absolute Gasteiger partial charge is 0.407 e. The van der Waals surface area contributed by atoms with Gasteiger partial charge >= 0.3 is 6.09 Å². The number of ether oxygens (including phenoxy) is 1. The summed E-state index contributed by atoms with van der Waals surface area (Å²) in [6, 6.07) is 0. The lowest BCUT2D eigenvalue weighted by Gasteiger charge is -2.28. The van der Waals surface area contributed by atoms with Crippen molar-refractivity contribution in [3.63, 3.8) is 0 Å². The van der Waals surface area contributed by atoms with Gasteiger partial charge in [-0.15, -0.1) is 0 Å². The third-order valence-electron chi connectivity index (χ3n) is 2.77. The lowest BCUT2D eigenvalue weighted by molar-refractivity contribution is -0.0455. The molecule has 1 aliphatic carbocycles. The number of carbonyl (C=O) groups is 1. The van der Waals surface area contributed by atoms with Gasteiger partial charge in [-0.2, -0.15) is 0 Å². The van der Waals surface area contributed by atoms with Gasteiger partial charge in [-0.05, 0) is 39.5 Å². The molecule has 3 nitrogen and oxygen atoms in total. The fourth-order valence-electron chi connectivity index (χ4n) is 1.85. The predicted octanol–water partition coefficient (Wildman–Crippen LogP) is 3.58. The first-order chi connectivity index (χ1) is 7.68. The molecule has 0 aromatic carbocycles. The van der Waals surface area contributed by atoms with Crippen molar-refractivity contribution in [2.24, 2.45) is 5.92 Å². The number of rotatable bonds is 2. The zero-order valence-corrected chi connectivity index (χ0v) is 10.7. The molecular weight excluding hydrogens is 228 g/mol. The second kappa shape index (κ2) is 5.19. The van der Waals surface area contributed by atoms with Crippen molar-refractivity contribution in [3.8, 4) is 0 Å². The molecule has 17 heavy (non-hydrogen) atoms. The van der Waals surface area contributed by atoms with Gasteiger partial charge in [0.2, 0.25) is 5.92 Å². The van der Waals surface area contributed by atoms with E-state index in [0.717, 1.165) is 0 Å². The molecule has 102 valence electrons. The largest absolute Gasteiger partial charge is 0.444 e. The molecule has 0 radical (unpaired) electrons. The molecule has 0 heterocycles. The Morgan fingerprint density at radius 3 is 2.41 bits per heavy atom. The average Bonchev–Trinajstić information content (AvgIpc) is 2.13. The van der Waals surface area contributed by atoms with Crippen molar-refractivity contribution in [1.29, 1.82) is 0 Å². The summed E-state index contributed by atoms with van der Waals surface area (Å²) < 4.78 is 30.8. The Balaban J connectivity index is 0.00000289. The maximum atomic E-state index is 12.9. The minimum absolute atomic E-state index is 0. The normalized spacial score (nSPS) is 21.0. The SMILES string of the molecule is CC(C)(C)OC(=O)NCC1CCC(F)(F)CC1.[HH]. The second-order valence-corrected chi connectivity index (χ2v) is 5.68. The van der Waals surface area contributed by atoms with Gasteiger partial charge in [0.25, 0.3) is 0 Å². The fourth-order valence-corrected chi connectivity index (χ4v) is 1.85. The van der Waals surface area contributed by atoms with Crippen LogP contribution in [0.4, 0.5) is 13.6 Å². The van der Waals surface area contributed by atoms with Crippen LogP contribution in [0.5, 0.6) is 0 Å². The van der Waals surface area contributed by atoms with E-state index in [9.17, 15) is 13.6 Å². The Morgan fingerprint density at radius 2 is 1.94 bits per heavy atom. The topological polar surface area (TPSA) is 38.3 Å². The van der Waals surface area contributed by atoms with Crippen LogP contribution in [-0.4, -0.2) is 24.2 Å². The van der Waals surface area contributed by atoms with Crippen molar-refractivity contribution in [2.75, 3.05) is 6.54 Å². The van der Waals surface area contributed by atoms with E-state index in [0.29, 0.717) is 19.4 Å². The van der Waals surface area contributed by atoms with E-state index in [1.54, 1.807) is 20.8 Å². The summed E-state index contributed by atoms with van der Waals surface area (Å²) in [4.78, 5) is 11.3. The first-order valence-electron chi connectivity index (χ1n) is 6.03. The van der Waals surface area contributed by atoms with E-state index >= 15 is 0 Å². The molecule has 1 rings (SSSR count). The van der Waals surface area contributed by atoms with Gasteiger partial charge < -0.3 is 10.1 Å². The van der Waals surface area contributed by atoms with E-state index in [4.69, 9.17) is 4.74 Å². The van der Waals surface area contributed by atoms with E-state index in [1.807, 2.05) is 0 Å². The minimum atomic E-state index is -2.51. The molecule has 0 spiro atoms. The summed E-state index contributed by atoms with van der Waals surface area (Å²) in [5.41, 5.74) is -0.524. The van der Waals surface area contributed by atoms with E-state index in [-0.39, 0.29) is 20.2 Å². The summed E-state index contributed by atoms with van der Waals surface area (Å²) in [6.45, 7) is 5.78. The van der Waals surface area contributed by atoms with Crippen LogP contribution < -0.4 is 5.32 Å². The number of hydrogen-bond donors (Lipinski definition) is 1. The Hall–Kier alpha value is -0.870. The number of amides is 1. The summed E-state index contributed by atoms with van der Waals surface area (Å²) >= 11 is 0. The number of halogens is 2. The van der Waals surface area contributed by atoms with Crippen molar-refractivity contribution < 1.29 is 19.7 Å². The second-order valence-electron chi connectivity index (χ2n) is 5.68. The third-order valence-corrected chi connectivity index (χ3v) is 2.77. The summed E-state index contributed by atoms with van der Waals surface area (Å²) in [7, 11) is 0. The van der Waals surface area contributed by atoms with Gasteiger partial charge in [-0.3, -0.25) is 0 Å². The summed E-state index contributed by atoms with van der Waals surface area (Å²) in [5, 5.41) is 2.63. The molecule has 0 aromatic rings. The number of alkyl carbamates (subject to hydrolysis) is 1. The standard InChI is InChI=1S/C12H21F2NO2.H2/c1-11(2,3)17-10(16)15-8-9-4-6-12(13,14)7-5-9;/h9H,4-8H2,1-3H3,(H,15,16);1H. The van der Waals surface area contributed by atoms with E-state index in [2.05, 4.69) is 5.32 Å². The van der Waals surface area contributed by atoms with Gasteiger partial charge in [0.05, 0.1) is 0 Å². The number of hydrogen-bond acceptors (Lipinski definition) is 2. The Kier molecular flexibility index (Phi) is 4.33. The predicted molar refractivity (Wildman–Crippen MR) is 63.3 cm³/mol. The third kappa shape index (κ3) is 5.84. The van der Waals surface area contributed by atoms with Crippen molar-refractivity contribution in [2.45, 2.75) is 58.0 Å². The van der Waals surface area contributed by atoms with E-state index in [1.165, 1.54) is 0 Å². The van der Waals surface area contributed by atoms with Crippen molar-refractivity contribution >= 4 is 6.09 Å². The molecular formula is C12H23F2NO2. The van der Waals surface area contributed by atoms with Gasteiger partial charge in [0.1, 0.15) is 5.60 Å². The maximum absolute atomic E-state index is 12.9. The quantitative estimate of drug-likeness (QED) is 0.814. The van der Waals surface area contributed by atoms with Gasteiger partial charge in [0.15, 0.2) is 0 Å². The van der Waals surface area contributed by atoms with Crippen molar-refractivity contribution in [3.05, 3.63) is 0 Å². The monoisotopic (exact) mass is 251 g/mol. The molecule has 0 atom stereocenters. The zero-order chi connectivity index (χ0) is 13.1. The Morgan fingerprint density at radius 1 is 1.41 bits per heavy atom. The van der Waals surface area contributed by atoms with Crippen LogP contribution in [-0.2, 0) is 4.74 Å². The highest BCUT2D eigenvalue weighted by atomic mass is 19.3. The van der Waals surface area contributed by atoms with Crippen LogP contribution in [0, 0.1) is 5.92 Å². The summed E-state index contributed by atoms with van der Waals surface area (Å²) in [6.07, 6.45) is 0.294. The molecule has 1 fully saturated rings. The number of nitrogens with one attached hydrogen (secondary N) is 1. The molecule has 1 aliphatic rings. The van der Waals surface area contributed by atoms with Gasteiger partial charge in [-0.1, -0.05) is 0 Å². The van der Waals surface area contributed by atoms with E-state index < -0.39 is 17.6 Å². The number of alkyl halides is 2. The summed E-state index contributed by atoms with van der Waals surface area (Å²) in [5.74, 6) is -2.37. The lowest BCUT2D eigenvalue weighted by atomic mass is 9.87.